The number of aryl methyl sites for hydroxylation is 1. The summed E-state index contributed by atoms with van der Waals surface area (Å²) in [5.41, 5.74) is 1.75. The number of hydrogen-bond acceptors (Lipinski definition) is 3. The zero-order chi connectivity index (χ0) is 17.1. The van der Waals surface area contributed by atoms with E-state index in [9.17, 15) is 4.79 Å². The second kappa shape index (κ2) is 6.76. The van der Waals surface area contributed by atoms with Gasteiger partial charge in [0.25, 0.3) is 5.82 Å². The van der Waals surface area contributed by atoms with Crippen molar-refractivity contribution < 1.29 is 14.1 Å². The Hall–Kier alpha value is -3.15. The van der Waals surface area contributed by atoms with E-state index in [-0.39, 0.29) is 6.04 Å². The third-order valence-electron chi connectivity index (χ3n) is 4.30. The Morgan fingerprint density at radius 1 is 1.16 bits per heavy atom. The van der Waals surface area contributed by atoms with Crippen molar-refractivity contribution in [2.45, 2.75) is 18.9 Å². The van der Waals surface area contributed by atoms with E-state index in [1.165, 1.54) is 0 Å². The van der Waals surface area contributed by atoms with E-state index in [0.717, 1.165) is 30.0 Å². The molecule has 1 aliphatic heterocycles. The van der Waals surface area contributed by atoms with Crippen LogP contribution < -0.4 is 9.88 Å². The highest BCUT2D eigenvalue weighted by Crippen LogP contribution is 2.18. The quantitative estimate of drug-likeness (QED) is 0.746. The maximum Gasteiger partial charge on any atom is 0.411 e. The van der Waals surface area contributed by atoms with Gasteiger partial charge < -0.3 is 4.74 Å². The van der Waals surface area contributed by atoms with Crippen molar-refractivity contribution in [3.05, 3.63) is 72.8 Å². The number of anilines is 1. The fraction of sp³-hybridized carbons (Fsp3) is 0.211. The normalized spacial score (nSPS) is 15.6. The van der Waals surface area contributed by atoms with E-state index in [1.807, 2.05) is 71.7 Å². The highest BCUT2D eigenvalue weighted by Gasteiger charge is 2.32. The number of amides is 1. The summed E-state index contributed by atoms with van der Waals surface area (Å²) >= 11 is 0. The van der Waals surface area contributed by atoms with Crippen LogP contribution in [0.2, 0.25) is 0 Å². The van der Waals surface area contributed by atoms with Gasteiger partial charge in [0.1, 0.15) is 18.3 Å². The van der Waals surface area contributed by atoms with Crippen LogP contribution in [0, 0.1) is 0 Å². The Balaban J connectivity index is 1.39. The average molecular weight is 335 g/mol. The van der Waals surface area contributed by atoms with Crippen molar-refractivity contribution in [1.82, 2.24) is 9.78 Å². The molecule has 3 aromatic rings. The van der Waals surface area contributed by atoms with Crippen LogP contribution in [0.5, 0.6) is 0 Å². The van der Waals surface area contributed by atoms with Crippen LogP contribution in [0.3, 0.4) is 0 Å². The van der Waals surface area contributed by atoms with Gasteiger partial charge in [0.05, 0.1) is 0 Å². The maximum absolute atomic E-state index is 11.9. The van der Waals surface area contributed by atoms with Gasteiger partial charge in [0.15, 0.2) is 0 Å². The number of benzene rings is 2. The van der Waals surface area contributed by atoms with Gasteiger partial charge in [-0.1, -0.05) is 41.1 Å². The predicted molar refractivity (Wildman–Crippen MR) is 92.5 cm³/mol. The Morgan fingerprint density at radius 3 is 2.64 bits per heavy atom. The summed E-state index contributed by atoms with van der Waals surface area (Å²) in [6.45, 7) is 0.330. The molecule has 0 unspecified atom stereocenters. The Morgan fingerprint density at radius 2 is 1.88 bits per heavy atom. The Kier molecular flexibility index (Phi) is 4.16. The fourth-order valence-electron chi connectivity index (χ4n) is 3.02. The molecular weight excluding hydrogens is 316 g/mol. The third kappa shape index (κ3) is 3.38. The highest BCUT2D eigenvalue weighted by atomic mass is 16.5. The molecule has 0 radical (unpaired) electrons. The number of fused-ring (bicyclic) bond motifs is 1. The largest absolute Gasteiger partial charge is 0.446 e. The fourth-order valence-corrected chi connectivity index (χ4v) is 3.02. The molecule has 0 bridgehead atoms. The lowest BCUT2D eigenvalue weighted by molar-refractivity contribution is -0.718. The molecule has 0 spiro atoms. The van der Waals surface area contributed by atoms with E-state index in [1.54, 1.807) is 0 Å². The summed E-state index contributed by atoms with van der Waals surface area (Å²) in [5.74, 6) is 1.01. The lowest BCUT2D eigenvalue weighted by atomic mass is 10.2. The van der Waals surface area contributed by atoms with Crippen molar-refractivity contribution in [1.29, 1.82) is 0 Å². The summed E-state index contributed by atoms with van der Waals surface area (Å²) in [6.07, 6.45) is 3.35. The topological polar surface area (TPSA) is 60.0 Å². The first-order chi connectivity index (χ1) is 12.3. The van der Waals surface area contributed by atoms with Crippen molar-refractivity contribution in [2.24, 2.45) is 0 Å². The van der Waals surface area contributed by atoms with Gasteiger partial charge in [-0.25, -0.2) is 9.36 Å². The monoisotopic (exact) mass is 335 g/mol. The molecule has 126 valence electrons. The standard InChI is InChI=1S/C19H18N4O2/c24-19(20-15-7-3-1-4-8-15)25-13-17-11-12-18-21-23(14-22(17)18)16-9-5-2-6-10-16/h1-10,14,17H,11-13H2/p+1/t17-/m0/s1. The predicted octanol–water partition coefficient (Wildman–Crippen LogP) is 2.90. The molecule has 4 rings (SSSR count). The Labute approximate surface area is 145 Å². The van der Waals surface area contributed by atoms with Crippen LogP contribution in [0.25, 0.3) is 5.69 Å². The molecular formula is C19H19N4O2+. The molecule has 25 heavy (non-hydrogen) atoms. The zero-order valence-electron chi connectivity index (χ0n) is 13.7. The van der Waals surface area contributed by atoms with Crippen LogP contribution in [0.15, 0.2) is 67.0 Å². The van der Waals surface area contributed by atoms with Crippen molar-refractivity contribution in [3.63, 3.8) is 0 Å². The zero-order valence-corrected chi connectivity index (χ0v) is 13.7. The van der Waals surface area contributed by atoms with Gasteiger partial charge in [-0.2, -0.15) is 0 Å². The minimum absolute atomic E-state index is 0.119. The third-order valence-corrected chi connectivity index (χ3v) is 4.30. The number of nitrogens with one attached hydrogen (secondary N) is 1. The van der Waals surface area contributed by atoms with Crippen molar-refractivity contribution in [3.8, 4) is 5.69 Å². The number of para-hydroxylation sites is 2. The van der Waals surface area contributed by atoms with E-state index < -0.39 is 6.09 Å². The minimum Gasteiger partial charge on any atom is -0.446 e. The van der Waals surface area contributed by atoms with E-state index in [4.69, 9.17) is 4.74 Å². The first kappa shape index (κ1) is 15.4. The molecule has 0 saturated carbocycles. The van der Waals surface area contributed by atoms with Crippen LogP contribution >= 0.6 is 0 Å². The van der Waals surface area contributed by atoms with Gasteiger partial charge in [-0.15, -0.1) is 0 Å². The van der Waals surface area contributed by atoms with Gasteiger partial charge in [-0.05, 0) is 30.7 Å². The molecule has 1 aromatic heterocycles. The first-order valence-corrected chi connectivity index (χ1v) is 8.33. The summed E-state index contributed by atoms with van der Waals surface area (Å²) in [4.78, 5) is 11.9. The second-order valence-electron chi connectivity index (χ2n) is 6.00. The van der Waals surface area contributed by atoms with Crippen LogP contribution in [-0.4, -0.2) is 22.5 Å². The van der Waals surface area contributed by atoms with Crippen LogP contribution in [0.4, 0.5) is 10.5 Å². The molecule has 2 aromatic carbocycles. The average Bonchev–Trinajstić information content (AvgIpc) is 3.23. The Bertz CT molecular complexity index is 862. The minimum atomic E-state index is -0.435. The second-order valence-corrected chi connectivity index (χ2v) is 6.00. The molecule has 2 heterocycles. The smallest absolute Gasteiger partial charge is 0.411 e. The van der Waals surface area contributed by atoms with Gasteiger partial charge in [0.2, 0.25) is 6.33 Å². The number of rotatable bonds is 4. The van der Waals surface area contributed by atoms with Crippen LogP contribution in [-0.2, 0) is 11.2 Å². The van der Waals surface area contributed by atoms with Crippen molar-refractivity contribution >= 4 is 11.8 Å². The van der Waals surface area contributed by atoms with E-state index in [0.29, 0.717) is 6.61 Å². The SMILES string of the molecule is O=C(Nc1ccccc1)OC[C@@H]1CCc2nn(-c3ccccc3)c[n+]21. The molecule has 0 saturated heterocycles. The van der Waals surface area contributed by atoms with Gasteiger partial charge in [-0.3, -0.25) is 5.32 Å². The number of carbonyl (C=O) groups is 1. The lowest BCUT2D eigenvalue weighted by Crippen LogP contribution is -2.39. The first-order valence-electron chi connectivity index (χ1n) is 8.33. The van der Waals surface area contributed by atoms with E-state index >= 15 is 0 Å². The number of nitrogens with zero attached hydrogens (tertiary/aromatic N) is 3. The summed E-state index contributed by atoms with van der Waals surface area (Å²) < 4.78 is 9.36. The lowest BCUT2D eigenvalue weighted by Gasteiger charge is -2.10. The molecule has 1 aliphatic rings. The molecule has 1 atom stereocenters. The number of hydrogen-bond donors (Lipinski definition) is 1. The molecule has 6 nitrogen and oxygen atoms in total. The summed E-state index contributed by atoms with van der Waals surface area (Å²) in [5, 5.41) is 7.36. The summed E-state index contributed by atoms with van der Waals surface area (Å²) in [7, 11) is 0. The van der Waals surface area contributed by atoms with Gasteiger partial charge >= 0.3 is 6.09 Å². The molecule has 1 amide bonds. The van der Waals surface area contributed by atoms with Gasteiger partial charge in [0, 0.05) is 17.2 Å². The highest BCUT2D eigenvalue weighted by molar-refractivity contribution is 5.84. The number of aromatic nitrogens is 3. The molecule has 0 aliphatic carbocycles. The van der Waals surface area contributed by atoms with Crippen molar-refractivity contribution in [2.75, 3.05) is 11.9 Å². The maximum atomic E-state index is 11.9. The number of carbonyl (C=O) groups excluding carboxylic acids is 1. The van der Waals surface area contributed by atoms with E-state index in [2.05, 4.69) is 15.0 Å². The molecule has 0 fully saturated rings. The van der Waals surface area contributed by atoms with Crippen LogP contribution in [0.1, 0.15) is 18.3 Å². The summed E-state index contributed by atoms with van der Waals surface area (Å²) in [6, 6.07) is 19.4. The molecule has 1 N–H and O–H groups in total. The molecule has 6 heteroatoms. The number of ether oxygens (including phenoxy) is 1.